The molecule has 1 heterocycles. The molecular weight excluding hydrogens is 302 g/mol. The standard InChI is InChI=1S/C15H20BrN3/c1-4-19-12(8-11(3)18-19)9-15(17)13-6-5-10(2)7-14(13)16/h5-8,15H,4,9,17H2,1-3H3. The molecule has 3 nitrogen and oxygen atoms in total. The second-order valence-corrected chi connectivity index (χ2v) is 5.78. The van der Waals surface area contributed by atoms with Crippen LogP contribution in [0.5, 0.6) is 0 Å². The number of rotatable bonds is 4. The molecule has 1 aromatic heterocycles. The van der Waals surface area contributed by atoms with Crippen molar-refractivity contribution >= 4 is 15.9 Å². The van der Waals surface area contributed by atoms with Gasteiger partial charge in [0.25, 0.3) is 0 Å². The lowest BCUT2D eigenvalue weighted by Crippen LogP contribution is -2.16. The molecule has 0 aliphatic carbocycles. The van der Waals surface area contributed by atoms with Gasteiger partial charge in [-0.2, -0.15) is 5.10 Å². The molecule has 0 spiro atoms. The monoisotopic (exact) mass is 321 g/mol. The van der Waals surface area contributed by atoms with Gasteiger partial charge in [-0.1, -0.05) is 28.1 Å². The zero-order valence-corrected chi connectivity index (χ0v) is 13.2. The summed E-state index contributed by atoms with van der Waals surface area (Å²) in [5.74, 6) is 0. The minimum absolute atomic E-state index is 0.0172. The van der Waals surface area contributed by atoms with E-state index in [0.29, 0.717) is 0 Å². The fourth-order valence-corrected chi connectivity index (χ4v) is 3.09. The third-order valence-corrected chi connectivity index (χ3v) is 3.96. The normalized spacial score (nSPS) is 12.7. The van der Waals surface area contributed by atoms with Gasteiger partial charge < -0.3 is 5.73 Å². The van der Waals surface area contributed by atoms with E-state index in [1.807, 2.05) is 11.6 Å². The van der Waals surface area contributed by atoms with Gasteiger partial charge in [-0.15, -0.1) is 0 Å². The van der Waals surface area contributed by atoms with Crippen LogP contribution in [0.1, 0.15) is 35.5 Å². The first-order valence-corrected chi connectivity index (χ1v) is 7.35. The minimum Gasteiger partial charge on any atom is -0.324 e. The van der Waals surface area contributed by atoms with Gasteiger partial charge in [0, 0.05) is 29.2 Å². The lowest BCUT2D eigenvalue weighted by molar-refractivity contribution is 0.586. The van der Waals surface area contributed by atoms with Crippen LogP contribution in [0.15, 0.2) is 28.7 Å². The summed E-state index contributed by atoms with van der Waals surface area (Å²) in [5.41, 5.74) is 11.0. The SMILES string of the molecule is CCn1nc(C)cc1CC(N)c1ccc(C)cc1Br. The van der Waals surface area contributed by atoms with Crippen LogP contribution in [-0.2, 0) is 13.0 Å². The van der Waals surface area contributed by atoms with Gasteiger partial charge in [0.05, 0.1) is 5.69 Å². The topological polar surface area (TPSA) is 43.8 Å². The minimum atomic E-state index is -0.0172. The molecule has 0 bridgehead atoms. The molecule has 1 atom stereocenters. The maximum absolute atomic E-state index is 6.34. The van der Waals surface area contributed by atoms with Gasteiger partial charge in [0.1, 0.15) is 0 Å². The molecule has 2 aromatic rings. The van der Waals surface area contributed by atoms with Crippen LogP contribution >= 0.6 is 15.9 Å². The molecule has 1 unspecified atom stereocenters. The Bertz CT molecular complexity index is 575. The number of halogens is 1. The number of hydrogen-bond donors (Lipinski definition) is 1. The third-order valence-electron chi connectivity index (χ3n) is 3.27. The van der Waals surface area contributed by atoms with Crippen molar-refractivity contribution in [2.45, 2.75) is 39.8 Å². The number of aryl methyl sites for hydroxylation is 3. The average Bonchev–Trinajstić information content (AvgIpc) is 2.69. The quantitative estimate of drug-likeness (QED) is 0.936. The van der Waals surface area contributed by atoms with Crippen molar-refractivity contribution < 1.29 is 0 Å². The Morgan fingerprint density at radius 3 is 2.68 bits per heavy atom. The molecule has 4 heteroatoms. The molecule has 0 radical (unpaired) electrons. The van der Waals surface area contributed by atoms with Crippen LogP contribution in [0, 0.1) is 13.8 Å². The second kappa shape index (κ2) is 5.88. The maximum atomic E-state index is 6.34. The predicted molar refractivity (Wildman–Crippen MR) is 82.1 cm³/mol. The summed E-state index contributed by atoms with van der Waals surface area (Å²) < 4.78 is 3.11. The van der Waals surface area contributed by atoms with E-state index in [1.54, 1.807) is 0 Å². The fourth-order valence-electron chi connectivity index (χ4n) is 2.31. The van der Waals surface area contributed by atoms with Crippen LogP contribution in [0.25, 0.3) is 0 Å². The number of nitrogens with zero attached hydrogens (tertiary/aromatic N) is 2. The highest BCUT2D eigenvalue weighted by atomic mass is 79.9. The summed E-state index contributed by atoms with van der Waals surface area (Å²) in [5, 5.41) is 4.46. The van der Waals surface area contributed by atoms with Gasteiger partial charge in [-0.3, -0.25) is 4.68 Å². The third kappa shape index (κ3) is 3.25. The first-order chi connectivity index (χ1) is 9.01. The van der Waals surface area contributed by atoms with Crippen molar-refractivity contribution in [2.75, 3.05) is 0 Å². The van der Waals surface area contributed by atoms with Crippen molar-refractivity contribution in [3.05, 3.63) is 51.3 Å². The van der Waals surface area contributed by atoms with E-state index in [-0.39, 0.29) is 6.04 Å². The molecular formula is C15H20BrN3. The van der Waals surface area contributed by atoms with E-state index in [1.165, 1.54) is 11.3 Å². The van der Waals surface area contributed by atoms with Crippen molar-refractivity contribution in [1.82, 2.24) is 9.78 Å². The molecule has 0 amide bonds. The van der Waals surface area contributed by atoms with Crippen molar-refractivity contribution in [1.29, 1.82) is 0 Å². The molecule has 0 saturated heterocycles. The zero-order chi connectivity index (χ0) is 14.0. The highest BCUT2D eigenvalue weighted by Crippen LogP contribution is 2.25. The van der Waals surface area contributed by atoms with Gasteiger partial charge in [-0.25, -0.2) is 0 Å². The molecule has 0 aliphatic heterocycles. The smallest absolute Gasteiger partial charge is 0.0596 e. The number of nitrogens with two attached hydrogens (primary N) is 1. The van der Waals surface area contributed by atoms with E-state index in [2.05, 4.69) is 59.1 Å². The highest BCUT2D eigenvalue weighted by molar-refractivity contribution is 9.10. The van der Waals surface area contributed by atoms with Crippen LogP contribution in [0.4, 0.5) is 0 Å². The molecule has 0 saturated carbocycles. The fraction of sp³-hybridized carbons (Fsp3) is 0.400. The largest absolute Gasteiger partial charge is 0.324 e. The van der Waals surface area contributed by atoms with Gasteiger partial charge in [0.2, 0.25) is 0 Å². The number of benzene rings is 1. The Kier molecular flexibility index (Phi) is 4.42. The summed E-state index contributed by atoms with van der Waals surface area (Å²) in [6, 6.07) is 8.41. The Morgan fingerprint density at radius 1 is 1.32 bits per heavy atom. The molecule has 0 aliphatic rings. The highest BCUT2D eigenvalue weighted by Gasteiger charge is 2.14. The first kappa shape index (κ1) is 14.3. The van der Waals surface area contributed by atoms with Crippen molar-refractivity contribution in [3.8, 4) is 0 Å². The Morgan fingerprint density at radius 2 is 2.05 bits per heavy atom. The lowest BCUT2D eigenvalue weighted by atomic mass is 10.0. The maximum Gasteiger partial charge on any atom is 0.0596 e. The Labute approximate surface area is 122 Å². The summed E-state index contributed by atoms with van der Waals surface area (Å²) in [6.07, 6.45) is 0.802. The second-order valence-electron chi connectivity index (χ2n) is 4.93. The van der Waals surface area contributed by atoms with Crippen molar-refractivity contribution in [3.63, 3.8) is 0 Å². The van der Waals surface area contributed by atoms with Crippen LogP contribution in [0.2, 0.25) is 0 Å². The van der Waals surface area contributed by atoms with Crippen LogP contribution in [0.3, 0.4) is 0 Å². The Balaban J connectivity index is 2.22. The molecule has 0 fully saturated rings. The molecule has 1 aromatic carbocycles. The summed E-state index contributed by atoms with van der Waals surface area (Å²) in [4.78, 5) is 0. The van der Waals surface area contributed by atoms with E-state index < -0.39 is 0 Å². The lowest BCUT2D eigenvalue weighted by Gasteiger charge is -2.15. The van der Waals surface area contributed by atoms with Crippen LogP contribution in [-0.4, -0.2) is 9.78 Å². The van der Waals surface area contributed by atoms with Crippen LogP contribution < -0.4 is 5.73 Å². The van der Waals surface area contributed by atoms with E-state index in [9.17, 15) is 0 Å². The van der Waals surface area contributed by atoms with E-state index in [0.717, 1.165) is 28.7 Å². The van der Waals surface area contributed by atoms with E-state index in [4.69, 9.17) is 5.73 Å². The number of aromatic nitrogens is 2. The van der Waals surface area contributed by atoms with E-state index >= 15 is 0 Å². The average molecular weight is 322 g/mol. The first-order valence-electron chi connectivity index (χ1n) is 6.56. The molecule has 2 N–H and O–H groups in total. The molecule has 2 rings (SSSR count). The van der Waals surface area contributed by atoms with Gasteiger partial charge in [0.15, 0.2) is 0 Å². The summed E-state index contributed by atoms with van der Waals surface area (Å²) in [6.45, 7) is 7.08. The summed E-state index contributed by atoms with van der Waals surface area (Å²) >= 11 is 3.60. The number of hydrogen-bond acceptors (Lipinski definition) is 2. The molecule has 19 heavy (non-hydrogen) atoms. The zero-order valence-electron chi connectivity index (χ0n) is 11.7. The van der Waals surface area contributed by atoms with Gasteiger partial charge in [-0.05, 0) is 44.0 Å². The predicted octanol–water partition coefficient (Wildman–Crippen LogP) is 3.52. The summed E-state index contributed by atoms with van der Waals surface area (Å²) in [7, 11) is 0. The van der Waals surface area contributed by atoms with Gasteiger partial charge >= 0.3 is 0 Å². The molecule has 102 valence electrons. The van der Waals surface area contributed by atoms with Crippen molar-refractivity contribution in [2.24, 2.45) is 5.73 Å². The Hall–Kier alpha value is -1.13.